The molecule has 2 aliphatic heterocycles. The Morgan fingerprint density at radius 2 is 1.95 bits per heavy atom. The van der Waals surface area contributed by atoms with Crippen molar-refractivity contribution in [3.05, 3.63) is 29.3 Å². The number of fused-ring (bicyclic) bond motifs is 1. The summed E-state index contributed by atoms with van der Waals surface area (Å²) in [4.78, 5) is 0. The van der Waals surface area contributed by atoms with E-state index in [1.807, 2.05) is 6.07 Å². The summed E-state index contributed by atoms with van der Waals surface area (Å²) in [5, 5.41) is 3.35. The first kappa shape index (κ1) is 12.9. The van der Waals surface area contributed by atoms with Gasteiger partial charge < -0.3 is 10.1 Å². The van der Waals surface area contributed by atoms with E-state index in [9.17, 15) is 8.42 Å². The lowest BCUT2D eigenvalue weighted by Crippen LogP contribution is -2.30. The topological polar surface area (TPSA) is 55.4 Å². The van der Waals surface area contributed by atoms with Gasteiger partial charge in [-0.15, -0.1) is 0 Å². The lowest BCUT2D eigenvalue weighted by atomic mass is 10.0. The Bertz CT molecular complexity index is 554. The van der Waals surface area contributed by atoms with Gasteiger partial charge in [-0.1, -0.05) is 6.07 Å². The molecule has 0 atom stereocenters. The van der Waals surface area contributed by atoms with Gasteiger partial charge in [-0.25, -0.2) is 8.42 Å². The van der Waals surface area contributed by atoms with E-state index in [1.165, 1.54) is 11.1 Å². The van der Waals surface area contributed by atoms with Crippen LogP contribution in [0, 0.1) is 0 Å². The molecule has 0 radical (unpaired) electrons. The Hall–Kier alpha value is -1.07. The van der Waals surface area contributed by atoms with E-state index < -0.39 is 9.84 Å². The summed E-state index contributed by atoms with van der Waals surface area (Å²) >= 11 is 0. The van der Waals surface area contributed by atoms with Gasteiger partial charge in [-0.3, -0.25) is 0 Å². The van der Waals surface area contributed by atoms with Crippen LogP contribution in [0.15, 0.2) is 18.2 Å². The molecule has 3 rings (SSSR count). The predicted molar refractivity (Wildman–Crippen MR) is 74.2 cm³/mol. The molecule has 0 saturated carbocycles. The third kappa shape index (κ3) is 3.09. The van der Waals surface area contributed by atoms with Gasteiger partial charge in [-0.2, -0.15) is 0 Å². The van der Waals surface area contributed by atoms with E-state index in [0.29, 0.717) is 12.8 Å². The van der Waals surface area contributed by atoms with E-state index in [0.717, 1.165) is 25.3 Å². The van der Waals surface area contributed by atoms with Gasteiger partial charge in [0.2, 0.25) is 0 Å². The highest BCUT2D eigenvalue weighted by Crippen LogP contribution is 2.24. The van der Waals surface area contributed by atoms with Crippen LogP contribution in [0.1, 0.15) is 24.0 Å². The molecule has 1 fully saturated rings. The normalized spacial score (nSPS) is 22.7. The SMILES string of the molecule is O=S1(=O)CCC(Oc2ccc3c(c2)CNCC3)CC1. The standard InChI is InChI=1S/C14H19NO3S/c16-19(17)7-4-13(5-8-19)18-14-2-1-11-3-6-15-10-12(11)9-14/h1-2,9,13,15H,3-8,10H2. The minimum Gasteiger partial charge on any atom is -0.490 e. The first-order valence-electron chi connectivity index (χ1n) is 6.82. The van der Waals surface area contributed by atoms with Gasteiger partial charge in [0.15, 0.2) is 9.84 Å². The molecule has 104 valence electrons. The minimum atomic E-state index is -2.81. The molecule has 1 N–H and O–H groups in total. The van der Waals surface area contributed by atoms with Gasteiger partial charge in [0.05, 0.1) is 11.5 Å². The van der Waals surface area contributed by atoms with E-state index in [1.54, 1.807) is 0 Å². The molecule has 0 unspecified atom stereocenters. The summed E-state index contributed by atoms with van der Waals surface area (Å²) in [5.41, 5.74) is 2.68. The zero-order valence-electron chi connectivity index (χ0n) is 10.9. The number of ether oxygens (including phenoxy) is 1. The molecule has 4 nitrogen and oxygen atoms in total. The molecule has 0 aliphatic carbocycles. The quantitative estimate of drug-likeness (QED) is 0.887. The second kappa shape index (κ2) is 5.13. The summed E-state index contributed by atoms with van der Waals surface area (Å²) in [5.74, 6) is 1.38. The van der Waals surface area contributed by atoms with E-state index in [2.05, 4.69) is 17.4 Å². The lowest BCUT2D eigenvalue weighted by molar-refractivity contribution is 0.189. The number of nitrogens with one attached hydrogen (secondary N) is 1. The van der Waals surface area contributed by atoms with Crippen molar-refractivity contribution in [1.29, 1.82) is 0 Å². The maximum atomic E-state index is 11.4. The fraction of sp³-hybridized carbons (Fsp3) is 0.571. The Morgan fingerprint density at radius 3 is 2.74 bits per heavy atom. The molecule has 1 aromatic rings. The van der Waals surface area contributed by atoms with E-state index in [-0.39, 0.29) is 17.6 Å². The fourth-order valence-corrected chi connectivity index (χ4v) is 4.16. The third-order valence-corrected chi connectivity index (χ3v) is 5.58. The zero-order valence-corrected chi connectivity index (χ0v) is 11.7. The van der Waals surface area contributed by atoms with Crippen molar-refractivity contribution in [1.82, 2.24) is 5.32 Å². The number of hydrogen-bond donors (Lipinski definition) is 1. The number of hydrogen-bond acceptors (Lipinski definition) is 4. The summed E-state index contributed by atoms with van der Waals surface area (Å²) in [7, 11) is -2.81. The van der Waals surface area contributed by atoms with Gasteiger partial charge >= 0.3 is 0 Å². The monoisotopic (exact) mass is 281 g/mol. The van der Waals surface area contributed by atoms with Crippen LogP contribution in [0.2, 0.25) is 0 Å². The van der Waals surface area contributed by atoms with Crippen molar-refractivity contribution in [3.63, 3.8) is 0 Å². The first-order valence-corrected chi connectivity index (χ1v) is 8.64. The van der Waals surface area contributed by atoms with E-state index in [4.69, 9.17) is 4.74 Å². The molecule has 0 amide bonds. The molecule has 19 heavy (non-hydrogen) atoms. The average molecular weight is 281 g/mol. The van der Waals surface area contributed by atoms with Crippen molar-refractivity contribution >= 4 is 9.84 Å². The number of rotatable bonds is 2. The van der Waals surface area contributed by atoms with Crippen molar-refractivity contribution < 1.29 is 13.2 Å². The van der Waals surface area contributed by atoms with Crippen LogP contribution in [0.5, 0.6) is 5.75 Å². The largest absolute Gasteiger partial charge is 0.490 e. The van der Waals surface area contributed by atoms with Crippen LogP contribution in [-0.2, 0) is 22.8 Å². The number of sulfone groups is 1. The van der Waals surface area contributed by atoms with Gasteiger partial charge in [0.25, 0.3) is 0 Å². The maximum absolute atomic E-state index is 11.4. The third-order valence-electron chi connectivity index (χ3n) is 3.87. The van der Waals surface area contributed by atoms with Crippen LogP contribution < -0.4 is 10.1 Å². The highest BCUT2D eigenvalue weighted by atomic mass is 32.2. The summed E-state index contributed by atoms with van der Waals surface area (Å²) in [6.07, 6.45) is 2.32. The van der Waals surface area contributed by atoms with Crippen LogP contribution in [0.4, 0.5) is 0 Å². The highest BCUT2D eigenvalue weighted by Gasteiger charge is 2.25. The Balaban J connectivity index is 1.67. The molecule has 1 saturated heterocycles. The second-order valence-electron chi connectivity index (χ2n) is 5.33. The Kier molecular flexibility index (Phi) is 3.50. The fourth-order valence-electron chi connectivity index (χ4n) is 2.71. The average Bonchev–Trinajstić information content (AvgIpc) is 2.41. The molecule has 0 bridgehead atoms. The molecule has 1 aromatic carbocycles. The van der Waals surface area contributed by atoms with Crippen LogP contribution >= 0.6 is 0 Å². The molecule has 5 heteroatoms. The van der Waals surface area contributed by atoms with Crippen molar-refractivity contribution in [2.45, 2.75) is 31.9 Å². The van der Waals surface area contributed by atoms with Gasteiger partial charge in [0.1, 0.15) is 11.9 Å². The molecule has 0 spiro atoms. The zero-order chi connectivity index (χ0) is 13.3. The Labute approximate surface area is 114 Å². The summed E-state index contributed by atoms with van der Waals surface area (Å²) in [6, 6.07) is 6.23. The highest BCUT2D eigenvalue weighted by molar-refractivity contribution is 7.91. The first-order chi connectivity index (χ1) is 9.12. The summed E-state index contributed by atoms with van der Waals surface area (Å²) in [6.45, 7) is 1.93. The predicted octanol–water partition coefficient (Wildman–Crippen LogP) is 1.29. The van der Waals surface area contributed by atoms with Gasteiger partial charge in [0, 0.05) is 6.54 Å². The van der Waals surface area contributed by atoms with Crippen LogP contribution in [0.25, 0.3) is 0 Å². The lowest BCUT2D eigenvalue weighted by Gasteiger charge is -2.24. The van der Waals surface area contributed by atoms with Crippen LogP contribution in [0.3, 0.4) is 0 Å². The van der Waals surface area contributed by atoms with Crippen LogP contribution in [-0.4, -0.2) is 32.6 Å². The van der Waals surface area contributed by atoms with Crippen molar-refractivity contribution in [2.24, 2.45) is 0 Å². The number of benzene rings is 1. The summed E-state index contributed by atoms with van der Waals surface area (Å²) < 4.78 is 28.7. The van der Waals surface area contributed by atoms with Crippen molar-refractivity contribution in [2.75, 3.05) is 18.1 Å². The molecule has 2 heterocycles. The maximum Gasteiger partial charge on any atom is 0.150 e. The molecular weight excluding hydrogens is 262 g/mol. The molecular formula is C14H19NO3S. The minimum absolute atomic E-state index is 0.0399. The second-order valence-corrected chi connectivity index (χ2v) is 7.63. The smallest absolute Gasteiger partial charge is 0.150 e. The molecule has 2 aliphatic rings. The van der Waals surface area contributed by atoms with Crippen molar-refractivity contribution in [3.8, 4) is 5.75 Å². The van der Waals surface area contributed by atoms with E-state index >= 15 is 0 Å². The molecule has 0 aromatic heterocycles. The van der Waals surface area contributed by atoms with Gasteiger partial charge in [-0.05, 0) is 49.1 Å². The Morgan fingerprint density at radius 1 is 1.16 bits per heavy atom.